The van der Waals surface area contributed by atoms with Crippen LogP contribution in [-0.2, 0) is 11.3 Å². The molecule has 4 heteroatoms. The predicted octanol–water partition coefficient (Wildman–Crippen LogP) is 0.583. The minimum absolute atomic E-state index is 0.0494. The Balaban J connectivity index is 2.21. The lowest BCUT2D eigenvalue weighted by atomic mass is 10.2. The van der Waals surface area contributed by atoms with Crippen molar-refractivity contribution in [3.8, 4) is 0 Å². The number of nitrogens with zero attached hydrogens (tertiary/aromatic N) is 1. The fourth-order valence-electron chi connectivity index (χ4n) is 1.54. The number of nitrogens with one attached hydrogen (secondary N) is 1. The number of nitrogens with two attached hydrogens (primary N) is 1. The lowest BCUT2D eigenvalue weighted by Gasteiger charge is -2.15. The Labute approximate surface area is 103 Å². The van der Waals surface area contributed by atoms with Crippen LogP contribution >= 0.6 is 0 Å². The molecule has 17 heavy (non-hydrogen) atoms. The van der Waals surface area contributed by atoms with Crippen LogP contribution in [0.4, 0.5) is 0 Å². The van der Waals surface area contributed by atoms with E-state index in [1.54, 1.807) is 0 Å². The number of amides is 1. The second-order valence-electron chi connectivity index (χ2n) is 4.14. The van der Waals surface area contributed by atoms with E-state index in [0.717, 1.165) is 18.5 Å². The standard InChI is InChI=1S/C13H21N3O/c1-16(9-5-8-14)11-13(17)15-10-12-6-3-2-4-7-12/h2-4,6-7H,5,8-11,14H2,1H3,(H,15,17). The second kappa shape index (κ2) is 7.81. The van der Waals surface area contributed by atoms with Crippen molar-refractivity contribution in [3.05, 3.63) is 35.9 Å². The van der Waals surface area contributed by atoms with Crippen LogP contribution in [0, 0.1) is 0 Å². The molecule has 3 N–H and O–H groups in total. The first-order chi connectivity index (χ1) is 8.22. The fourth-order valence-corrected chi connectivity index (χ4v) is 1.54. The Bertz CT molecular complexity index is 327. The molecule has 0 saturated heterocycles. The molecule has 0 spiro atoms. The molecule has 0 aliphatic heterocycles. The maximum atomic E-state index is 11.6. The smallest absolute Gasteiger partial charge is 0.234 e. The van der Waals surface area contributed by atoms with Gasteiger partial charge in [-0.05, 0) is 32.1 Å². The number of rotatable bonds is 7. The number of likely N-dealkylation sites (N-methyl/N-ethyl adjacent to an activating group) is 1. The van der Waals surface area contributed by atoms with Crippen molar-refractivity contribution in [2.45, 2.75) is 13.0 Å². The first kappa shape index (κ1) is 13.7. The summed E-state index contributed by atoms with van der Waals surface area (Å²) in [6.45, 7) is 2.53. The highest BCUT2D eigenvalue weighted by atomic mass is 16.2. The second-order valence-corrected chi connectivity index (χ2v) is 4.14. The first-order valence-corrected chi connectivity index (χ1v) is 5.91. The minimum atomic E-state index is 0.0494. The molecule has 0 radical (unpaired) electrons. The third-order valence-electron chi connectivity index (χ3n) is 2.49. The Hall–Kier alpha value is -1.39. The summed E-state index contributed by atoms with van der Waals surface area (Å²) in [4.78, 5) is 13.6. The molecule has 0 unspecified atom stereocenters. The van der Waals surface area contributed by atoms with E-state index in [2.05, 4.69) is 5.32 Å². The van der Waals surface area contributed by atoms with E-state index in [-0.39, 0.29) is 5.91 Å². The molecule has 0 saturated carbocycles. The van der Waals surface area contributed by atoms with Gasteiger partial charge in [-0.2, -0.15) is 0 Å². The highest BCUT2D eigenvalue weighted by Gasteiger charge is 2.05. The van der Waals surface area contributed by atoms with Crippen LogP contribution in [0.25, 0.3) is 0 Å². The average Bonchev–Trinajstić information content (AvgIpc) is 2.35. The van der Waals surface area contributed by atoms with Crippen molar-refractivity contribution in [2.75, 3.05) is 26.7 Å². The maximum Gasteiger partial charge on any atom is 0.234 e. The third-order valence-corrected chi connectivity index (χ3v) is 2.49. The van der Waals surface area contributed by atoms with Crippen LogP contribution < -0.4 is 11.1 Å². The van der Waals surface area contributed by atoms with Crippen LogP contribution in [0.2, 0.25) is 0 Å². The topological polar surface area (TPSA) is 58.4 Å². The van der Waals surface area contributed by atoms with Gasteiger partial charge >= 0.3 is 0 Å². The highest BCUT2D eigenvalue weighted by Crippen LogP contribution is 1.97. The Morgan fingerprint density at radius 2 is 2.06 bits per heavy atom. The molecule has 0 heterocycles. The largest absolute Gasteiger partial charge is 0.351 e. The monoisotopic (exact) mass is 235 g/mol. The van der Waals surface area contributed by atoms with Crippen molar-refractivity contribution in [3.63, 3.8) is 0 Å². The van der Waals surface area contributed by atoms with E-state index >= 15 is 0 Å². The van der Waals surface area contributed by atoms with E-state index in [0.29, 0.717) is 19.6 Å². The fraction of sp³-hybridized carbons (Fsp3) is 0.462. The molecule has 0 aromatic heterocycles. The third kappa shape index (κ3) is 6.04. The van der Waals surface area contributed by atoms with E-state index in [1.807, 2.05) is 42.3 Å². The molecule has 0 bridgehead atoms. The van der Waals surface area contributed by atoms with Gasteiger partial charge in [-0.25, -0.2) is 0 Å². The number of hydrogen-bond donors (Lipinski definition) is 2. The molecule has 4 nitrogen and oxygen atoms in total. The Morgan fingerprint density at radius 1 is 1.35 bits per heavy atom. The number of benzene rings is 1. The van der Waals surface area contributed by atoms with Gasteiger partial charge in [0.2, 0.25) is 5.91 Å². The van der Waals surface area contributed by atoms with Crippen molar-refractivity contribution >= 4 is 5.91 Å². The molecule has 1 rings (SSSR count). The van der Waals surface area contributed by atoms with Gasteiger partial charge in [-0.15, -0.1) is 0 Å². The van der Waals surface area contributed by atoms with Crippen molar-refractivity contribution in [1.82, 2.24) is 10.2 Å². The highest BCUT2D eigenvalue weighted by molar-refractivity contribution is 5.77. The molecular formula is C13H21N3O. The summed E-state index contributed by atoms with van der Waals surface area (Å²) < 4.78 is 0. The number of carbonyl (C=O) groups excluding carboxylic acids is 1. The predicted molar refractivity (Wildman–Crippen MR) is 69.5 cm³/mol. The zero-order chi connectivity index (χ0) is 12.5. The normalized spacial score (nSPS) is 10.5. The van der Waals surface area contributed by atoms with E-state index in [4.69, 9.17) is 5.73 Å². The summed E-state index contributed by atoms with van der Waals surface area (Å²) in [5.74, 6) is 0.0494. The molecule has 0 aliphatic rings. The lowest BCUT2D eigenvalue weighted by molar-refractivity contribution is -0.122. The van der Waals surface area contributed by atoms with Gasteiger partial charge in [-0.1, -0.05) is 30.3 Å². The zero-order valence-electron chi connectivity index (χ0n) is 10.4. The molecule has 0 fully saturated rings. The Morgan fingerprint density at radius 3 is 2.71 bits per heavy atom. The SMILES string of the molecule is CN(CCCN)CC(=O)NCc1ccccc1. The van der Waals surface area contributed by atoms with Crippen molar-refractivity contribution in [2.24, 2.45) is 5.73 Å². The summed E-state index contributed by atoms with van der Waals surface area (Å²) >= 11 is 0. The molecule has 1 amide bonds. The van der Waals surface area contributed by atoms with Gasteiger partial charge < -0.3 is 11.1 Å². The van der Waals surface area contributed by atoms with Crippen LogP contribution in [0.3, 0.4) is 0 Å². The van der Waals surface area contributed by atoms with Crippen LogP contribution in [0.15, 0.2) is 30.3 Å². The molecule has 0 aliphatic carbocycles. The van der Waals surface area contributed by atoms with Gasteiger partial charge in [0.05, 0.1) is 6.54 Å². The molecule has 0 atom stereocenters. The lowest BCUT2D eigenvalue weighted by Crippen LogP contribution is -2.35. The summed E-state index contributed by atoms with van der Waals surface area (Å²) in [6.07, 6.45) is 0.919. The molecule has 1 aromatic rings. The quantitative estimate of drug-likeness (QED) is 0.727. The van der Waals surface area contributed by atoms with Gasteiger partial charge in [-0.3, -0.25) is 9.69 Å². The van der Waals surface area contributed by atoms with Crippen molar-refractivity contribution < 1.29 is 4.79 Å². The maximum absolute atomic E-state index is 11.6. The molecule has 94 valence electrons. The van der Waals surface area contributed by atoms with Crippen LogP contribution in [0.1, 0.15) is 12.0 Å². The van der Waals surface area contributed by atoms with Crippen LogP contribution in [0.5, 0.6) is 0 Å². The van der Waals surface area contributed by atoms with Crippen LogP contribution in [-0.4, -0.2) is 37.5 Å². The first-order valence-electron chi connectivity index (χ1n) is 5.91. The van der Waals surface area contributed by atoms with Gasteiger partial charge in [0.1, 0.15) is 0 Å². The summed E-state index contributed by atoms with van der Waals surface area (Å²) in [7, 11) is 1.93. The zero-order valence-corrected chi connectivity index (χ0v) is 10.4. The van der Waals surface area contributed by atoms with E-state index in [9.17, 15) is 4.79 Å². The summed E-state index contributed by atoms with van der Waals surface area (Å²) in [5, 5.41) is 2.89. The number of carbonyl (C=O) groups is 1. The van der Waals surface area contributed by atoms with E-state index < -0.39 is 0 Å². The van der Waals surface area contributed by atoms with E-state index in [1.165, 1.54) is 0 Å². The summed E-state index contributed by atoms with van der Waals surface area (Å²) in [6, 6.07) is 9.90. The average molecular weight is 235 g/mol. The summed E-state index contributed by atoms with van der Waals surface area (Å²) in [5.41, 5.74) is 6.53. The minimum Gasteiger partial charge on any atom is -0.351 e. The Kier molecular flexibility index (Phi) is 6.29. The number of hydrogen-bond acceptors (Lipinski definition) is 3. The molecule has 1 aromatic carbocycles. The van der Waals surface area contributed by atoms with Gasteiger partial charge in [0.25, 0.3) is 0 Å². The van der Waals surface area contributed by atoms with Gasteiger partial charge in [0.15, 0.2) is 0 Å². The van der Waals surface area contributed by atoms with Crippen molar-refractivity contribution in [1.29, 1.82) is 0 Å². The molecular weight excluding hydrogens is 214 g/mol. The van der Waals surface area contributed by atoms with Gasteiger partial charge in [0, 0.05) is 6.54 Å².